The lowest BCUT2D eigenvalue weighted by Gasteiger charge is -2.38. The first-order chi connectivity index (χ1) is 13.9. The zero-order valence-corrected chi connectivity index (χ0v) is 16.5. The summed E-state index contributed by atoms with van der Waals surface area (Å²) < 4.78 is 0. The van der Waals surface area contributed by atoms with E-state index < -0.39 is 0 Å². The molecule has 2 heteroatoms. The van der Waals surface area contributed by atoms with Crippen molar-refractivity contribution < 1.29 is 0 Å². The second-order valence-electron chi connectivity index (χ2n) is 7.81. The quantitative estimate of drug-likeness (QED) is 0.736. The van der Waals surface area contributed by atoms with E-state index in [-0.39, 0.29) is 5.41 Å². The maximum atomic E-state index is 3.44. The molecular weight excluding hydrogens is 340 g/mol. The maximum absolute atomic E-state index is 3.44. The molecule has 1 atom stereocenters. The predicted octanol–water partition coefficient (Wildman–Crippen LogP) is 4.78. The molecule has 1 heterocycles. The van der Waals surface area contributed by atoms with Gasteiger partial charge in [0.2, 0.25) is 0 Å². The fourth-order valence-corrected chi connectivity index (χ4v) is 4.51. The number of rotatable bonds is 6. The van der Waals surface area contributed by atoms with Gasteiger partial charge >= 0.3 is 0 Å². The van der Waals surface area contributed by atoms with Gasteiger partial charge in [-0.15, -0.1) is 0 Å². The first kappa shape index (κ1) is 18.9. The number of nitrogens with zero attached hydrogens (tertiary/aromatic N) is 1. The molecule has 0 bridgehead atoms. The Bertz CT molecular complexity index is 777. The Morgan fingerprint density at radius 2 is 1.54 bits per heavy atom. The van der Waals surface area contributed by atoms with Gasteiger partial charge in [-0.05, 0) is 17.5 Å². The molecule has 0 spiro atoms. The molecule has 2 nitrogen and oxygen atoms in total. The summed E-state index contributed by atoms with van der Waals surface area (Å²) in [6.45, 7) is 5.48. The maximum Gasteiger partial charge on any atom is 0.0218 e. The van der Waals surface area contributed by atoms with Gasteiger partial charge < -0.3 is 5.32 Å². The van der Waals surface area contributed by atoms with Crippen molar-refractivity contribution in [2.45, 2.75) is 12.3 Å². The van der Waals surface area contributed by atoms with Crippen molar-refractivity contribution in [3.8, 4) is 0 Å². The third-order valence-electron chi connectivity index (χ3n) is 5.93. The molecule has 1 saturated heterocycles. The molecular formula is C26H30N2. The van der Waals surface area contributed by atoms with Gasteiger partial charge in [-0.1, -0.05) is 97.1 Å². The standard InChI is InChI=1S/C26H30N2/c1-4-11-23(12-5-1)25(24-13-6-2-7-14-24)26(15-8-3-9-16-26)17-10-20-28-21-18-27-19-22-28/h1-15,17,25,27H,16,18-22H2/b17-10+. The average molecular weight is 371 g/mol. The fraction of sp³-hybridized carbons (Fsp3) is 0.308. The summed E-state index contributed by atoms with van der Waals surface area (Å²) in [5, 5.41) is 3.44. The number of hydrogen-bond donors (Lipinski definition) is 1. The van der Waals surface area contributed by atoms with Crippen LogP contribution in [0.15, 0.2) is 97.1 Å². The number of allylic oxidation sites excluding steroid dienone is 5. The lowest BCUT2D eigenvalue weighted by Crippen LogP contribution is -2.43. The number of piperazine rings is 1. The zero-order valence-electron chi connectivity index (χ0n) is 16.5. The molecule has 0 radical (unpaired) electrons. The highest BCUT2D eigenvalue weighted by molar-refractivity contribution is 5.41. The predicted molar refractivity (Wildman–Crippen MR) is 119 cm³/mol. The minimum absolute atomic E-state index is 0.0362. The van der Waals surface area contributed by atoms with Gasteiger partial charge in [-0.25, -0.2) is 0 Å². The van der Waals surface area contributed by atoms with Crippen molar-refractivity contribution >= 4 is 0 Å². The van der Waals surface area contributed by atoms with Gasteiger partial charge in [-0.3, -0.25) is 4.90 Å². The Morgan fingerprint density at radius 3 is 2.11 bits per heavy atom. The Morgan fingerprint density at radius 1 is 0.893 bits per heavy atom. The van der Waals surface area contributed by atoms with E-state index >= 15 is 0 Å². The van der Waals surface area contributed by atoms with E-state index in [1.165, 1.54) is 11.1 Å². The summed E-state index contributed by atoms with van der Waals surface area (Å²) in [7, 11) is 0. The van der Waals surface area contributed by atoms with Crippen LogP contribution in [0.4, 0.5) is 0 Å². The molecule has 1 aliphatic heterocycles. The van der Waals surface area contributed by atoms with Crippen LogP contribution in [0.2, 0.25) is 0 Å². The highest BCUT2D eigenvalue weighted by Gasteiger charge is 2.36. The van der Waals surface area contributed by atoms with Gasteiger partial charge in [0, 0.05) is 44.1 Å². The third kappa shape index (κ3) is 4.35. The minimum atomic E-state index is -0.0362. The molecule has 4 rings (SSSR count). The first-order valence-corrected chi connectivity index (χ1v) is 10.4. The van der Waals surface area contributed by atoms with E-state index in [0.29, 0.717) is 5.92 Å². The molecule has 1 N–H and O–H groups in total. The van der Waals surface area contributed by atoms with Gasteiger partial charge in [0.05, 0.1) is 0 Å². The van der Waals surface area contributed by atoms with Crippen LogP contribution in [0.1, 0.15) is 23.5 Å². The SMILES string of the molecule is C1=CCC(/C=C/CN2CCNCC2)(C(c2ccccc2)c2ccccc2)C=C1. The molecule has 1 fully saturated rings. The normalized spacial score (nSPS) is 22.9. The van der Waals surface area contributed by atoms with E-state index in [1.807, 2.05) is 0 Å². The Labute approximate surface area is 169 Å². The van der Waals surface area contributed by atoms with E-state index in [9.17, 15) is 0 Å². The van der Waals surface area contributed by atoms with Crippen LogP contribution in [0, 0.1) is 5.41 Å². The van der Waals surface area contributed by atoms with Crippen LogP contribution < -0.4 is 5.32 Å². The molecule has 0 amide bonds. The van der Waals surface area contributed by atoms with Crippen LogP contribution in [0.5, 0.6) is 0 Å². The van der Waals surface area contributed by atoms with E-state index in [0.717, 1.165) is 39.1 Å². The van der Waals surface area contributed by atoms with Crippen LogP contribution >= 0.6 is 0 Å². The summed E-state index contributed by atoms with van der Waals surface area (Å²) in [4.78, 5) is 2.53. The summed E-state index contributed by atoms with van der Waals surface area (Å²) in [6.07, 6.45) is 15.0. The number of nitrogens with one attached hydrogen (secondary N) is 1. The molecule has 1 aliphatic carbocycles. The summed E-state index contributed by atoms with van der Waals surface area (Å²) in [5.74, 6) is 0.301. The van der Waals surface area contributed by atoms with Gasteiger partial charge in [0.25, 0.3) is 0 Å². The van der Waals surface area contributed by atoms with Gasteiger partial charge in [0.1, 0.15) is 0 Å². The van der Waals surface area contributed by atoms with Crippen LogP contribution in [-0.2, 0) is 0 Å². The summed E-state index contributed by atoms with van der Waals surface area (Å²) in [5.41, 5.74) is 2.71. The first-order valence-electron chi connectivity index (χ1n) is 10.4. The molecule has 2 aromatic rings. The second-order valence-corrected chi connectivity index (χ2v) is 7.81. The Kier molecular flexibility index (Phi) is 6.20. The monoisotopic (exact) mass is 370 g/mol. The van der Waals surface area contributed by atoms with Crippen LogP contribution in [0.25, 0.3) is 0 Å². The lowest BCUT2D eigenvalue weighted by atomic mass is 9.65. The second kappa shape index (κ2) is 9.18. The third-order valence-corrected chi connectivity index (χ3v) is 5.93. The van der Waals surface area contributed by atoms with Gasteiger partial charge in [-0.2, -0.15) is 0 Å². The van der Waals surface area contributed by atoms with Gasteiger partial charge in [0.15, 0.2) is 0 Å². The van der Waals surface area contributed by atoms with E-state index in [2.05, 4.69) is 107 Å². The summed E-state index contributed by atoms with van der Waals surface area (Å²) >= 11 is 0. The summed E-state index contributed by atoms with van der Waals surface area (Å²) in [6, 6.07) is 21.9. The smallest absolute Gasteiger partial charge is 0.0218 e. The number of hydrogen-bond acceptors (Lipinski definition) is 2. The Hall–Kier alpha value is -2.42. The van der Waals surface area contributed by atoms with Crippen molar-refractivity contribution in [1.29, 1.82) is 0 Å². The minimum Gasteiger partial charge on any atom is -0.314 e. The molecule has 2 aliphatic rings. The topological polar surface area (TPSA) is 15.3 Å². The molecule has 1 unspecified atom stereocenters. The molecule has 0 aromatic heterocycles. The van der Waals surface area contributed by atoms with E-state index in [4.69, 9.17) is 0 Å². The largest absolute Gasteiger partial charge is 0.314 e. The van der Waals surface area contributed by atoms with Crippen molar-refractivity contribution in [3.63, 3.8) is 0 Å². The number of benzene rings is 2. The highest BCUT2D eigenvalue weighted by atomic mass is 15.2. The molecule has 2 aromatic carbocycles. The fourth-order valence-electron chi connectivity index (χ4n) is 4.51. The van der Waals surface area contributed by atoms with Crippen molar-refractivity contribution in [2.24, 2.45) is 5.41 Å². The van der Waals surface area contributed by atoms with Crippen molar-refractivity contribution in [3.05, 3.63) is 108 Å². The highest BCUT2D eigenvalue weighted by Crippen LogP contribution is 2.47. The van der Waals surface area contributed by atoms with Crippen molar-refractivity contribution in [1.82, 2.24) is 10.2 Å². The van der Waals surface area contributed by atoms with E-state index in [1.54, 1.807) is 0 Å². The average Bonchev–Trinajstić information content (AvgIpc) is 2.77. The zero-order chi connectivity index (χ0) is 19.1. The molecule has 28 heavy (non-hydrogen) atoms. The molecule has 144 valence electrons. The Balaban J connectivity index is 1.68. The molecule has 0 saturated carbocycles. The van der Waals surface area contributed by atoms with Crippen molar-refractivity contribution in [2.75, 3.05) is 32.7 Å². The van der Waals surface area contributed by atoms with Crippen LogP contribution in [0.3, 0.4) is 0 Å². The lowest BCUT2D eigenvalue weighted by molar-refractivity contribution is 0.264. The van der Waals surface area contributed by atoms with Crippen LogP contribution in [-0.4, -0.2) is 37.6 Å².